The van der Waals surface area contributed by atoms with Crippen molar-refractivity contribution in [3.05, 3.63) is 24.5 Å². The van der Waals surface area contributed by atoms with Crippen LogP contribution in [0.3, 0.4) is 0 Å². The first-order valence-electron chi connectivity index (χ1n) is 5.97. The SMILES string of the molecule is NC1(COc2ccn3nccc3n2)CCCC1. The molecule has 90 valence electrons. The largest absolute Gasteiger partial charge is 0.476 e. The molecule has 0 bridgehead atoms. The fourth-order valence-electron chi connectivity index (χ4n) is 2.32. The summed E-state index contributed by atoms with van der Waals surface area (Å²) in [6.07, 6.45) is 8.05. The average Bonchev–Trinajstić information content (AvgIpc) is 2.95. The van der Waals surface area contributed by atoms with E-state index in [1.54, 1.807) is 10.7 Å². The molecule has 3 rings (SSSR count). The lowest BCUT2D eigenvalue weighted by molar-refractivity contribution is 0.213. The minimum absolute atomic E-state index is 0.159. The standard InChI is InChI=1S/C12H16N4O/c13-12(5-1-2-6-12)9-17-11-4-8-16-10(15-11)3-7-14-16/h3-4,7-8H,1-2,5-6,9,13H2. The third-order valence-electron chi connectivity index (χ3n) is 3.34. The summed E-state index contributed by atoms with van der Waals surface area (Å²) in [7, 11) is 0. The zero-order valence-corrected chi connectivity index (χ0v) is 9.67. The molecule has 0 amide bonds. The van der Waals surface area contributed by atoms with E-state index in [-0.39, 0.29) is 5.54 Å². The van der Waals surface area contributed by atoms with Crippen molar-refractivity contribution < 1.29 is 4.74 Å². The molecule has 0 aromatic carbocycles. The second kappa shape index (κ2) is 4.00. The van der Waals surface area contributed by atoms with E-state index in [1.165, 1.54) is 12.8 Å². The zero-order valence-electron chi connectivity index (χ0n) is 9.67. The van der Waals surface area contributed by atoms with Crippen LogP contribution < -0.4 is 10.5 Å². The van der Waals surface area contributed by atoms with E-state index in [9.17, 15) is 0 Å². The predicted molar refractivity (Wildman–Crippen MR) is 63.9 cm³/mol. The van der Waals surface area contributed by atoms with Gasteiger partial charge in [-0.3, -0.25) is 0 Å². The Kier molecular flexibility index (Phi) is 2.48. The Morgan fingerprint density at radius 2 is 2.18 bits per heavy atom. The van der Waals surface area contributed by atoms with Crippen LogP contribution in [-0.2, 0) is 0 Å². The molecule has 5 heteroatoms. The topological polar surface area (TPSA) is 65.4 Å². The molecule has 2 N–H and O–H groups in total. The zero-order chi connectivity index (χ0) is 11.7. The third-order valence-corrected chi connectivity index (χ3v) is 3.34. The van der Waals surface area contributed by atoms with Gasteiger partial charge in [0.15, 0.2) is 5.65 Å². The van der Waals surface area contributed by atoms with Crippen molar-refractivity contribution in [2.24, 2.45) is 5.73 Å². The highest BCUT2D eigenvalue weighted by Gasteiger charge is 2.30. The van der Waals surface area contributed by atoms with Crippen LogP contribution in [0, 0.1) is 0 Å². The van der Waals surface area contributed by atoms with Gasteiger partial charge in [0.1, 0.15) is 6.61 Å². The summed E-state index contributed by atoms with van der Waals surface area (Å²) in [4.78, 5) is 4.35. The van der Waals surface area contributed by atoms with Crippen molar-refractivity contribution in [3.63, 3.8) is 0 Å². The summed E-state index contributed by atoms with van der Waals surface area (Å²) in [6.45, 7) is 0.546. The summed E-state index contributed by atoms with van der Waals surface area (Å²) in [5.41, 5.74) is 6.86. The second-order valence-electron chi connectivity index (χ2n) is 4.76. The molecule has 17 heavy (non-hydrogen) atoms. The Bertz CT molecular complexity index is 516. The Morgan fingerprint density at radius 1 is 1.35 bits per heavy atom. The van der Waals surface area contributed by atoms with Gasteiger partial charge in [0.05, 0.1) is 11.7 Å². The van der Waals surface area contributed by atoms with Crippen LogP contribution in [0.4, 0.5) is 0 Å². The van der Waals surface area contributed by atoms with E-state index in [1.807, 2.05) is 18.3 Å². The van der Waals surface area contributed by atoms with Crippen molar-refractivity contribution in [2.75, 3.05) is 6.61 Å². The van der Waals surface area contributed by atoms with Crippen molar-refractivity contribution in [3.8, 4) is 5.88 Å². The second-order valence-corrected chi connectivity index (χ2v) is 4.76. The molecule has 0 aliphatic heterocycles. The molecule has 1 aliphatic carbocycles. The molecule has 0 saturated heterocycles. The van der Waals surface area contributed by atoms with E-state index in [0.717, 1.165) is 18.5 Å². The molecule has 2 aromatic heterocycles. The van der Waals surface area contributed by atoms with Crippen LogP contribution in [0.1, 0.15) is 25.7 Å². The number of nitrogens with zero attached hydrogens (tertiary/aromatic N) is 3. The molecule has 0 spiro atoms. The van der Waals surface area contributed by atoms with Gasteiger partial charge in [-0.25, -0.2) is 4.52 Å². The van der Waals surface area contributed by atoms with Gasteiger partial charge in [0, 0.05) is 18.3 Å². The maximum atomic E-state index is 6.23. The van der Waals surface area contributed by atoms with Gasteiger partial charge < -0.3 is 10.5 Å². The van der Waals surface area contributed by atoms with Crippen LogP contribution in [0.2, 0.25) is 0 Å². The number of nitrogens with two attached hydrogens (primary N) is 1. The molecule has 0 atom stereocenters. The molecular formula is C12H16N4O. The summed E-state index contributed by atoms with van der Waals surface area (Å²) >= 11 is 0. The van der Waals surface area contributed by atoms with Gasteiger partial charge >= 0.3 is 0 Å². The third kappa shape index (κ3) is 2.10. The van der Waals surface area contributed by atoms with Crippen molar-refractivity contribution in [1.29, 1.82) is 0 Å². The first-order chi connectivity index (χ1) is 8.25. The van der Waals surface area contributed by atoms with Crippen LogP contribution in [0.25, 0.3) is 5.65 Å². The highest BCUT2D eigenvalue weighted by atomic mass is 16.5. The predicted octanol–water partition coefficient (Wildman–Crippen LogP) is 1.38. The van der Waals surface area contributed by atoms with Gasteiger partial charge in [-0.15, -0.1) is 0 Å². The number of aromatic nitrogens is 3. The maximum Gasteiger partial charge on any atom is 0.216 e. The Hall–Kier alpha value is -1.62. The van der Waals surface area contributed by atoms with E-state index >= 15 is 0 Å². The minimum atomic E-state index is -0.159. The van der Waals surface area contributed by atoms with Crippen LogP contribution in [-0.4, -0.2) is 26.7 Å². The van der Waals surface area contributed by atoms with E-state index in [2.05, 4.69) is 10.1 Å². The van der Waals surface area contributed by atoms with E-state index in [4.69, 9.17) is 10.5 Å². The molecule has 1 fully saturated rings. The van der Waals surface area contributed by atoms with Gasteiger partial charge in [-0.1, -0.05) is 12.8 Å². The number of hydrogen-bond acceptors (Lipinski definition) is 4. The normalized spacial score (nSPS) is 18.6. The molecule has 2 heterocycles. The lowest BCUT2D eigenvalue weighted by Crippen LogP contribution is -2.42. The summed E-state index contributed by atoms with van der Waals surface area (Å²) in [6, 6.07) is 3.67. The molecule has 0 radical (unpaired) electrons. The highest BCUT2D eigenvalue weighted by Crippen LogP contribution is 2.27. The first kappa shape index (κ1) is 10.5. The first-order valence-corrected chi connectivity index (χ1v) is 5.97. The quantitative estimate of drug-likeness (QED) is 0.868. The number of rotatable bonds is 3. The molecule has 0 unspecified atom stereocenters. The Labute approximate surface area is 99.6 Å². The molecular weight excluding hydrogens is 216 g/mol. The lowest BCUT2D eigenvalue weighted by atomic mass is 10.0. The van der Waals surface area contributed by atoms with Gasteiger partial charge in [0.2, 0.25) is 5.88 Å². The monoisotopic (exact) mass is 232 g/mol. The number of fused-ring (bicyclic) bond motifs is 1. The average molecular weight is 232 g/mol. The molecule has 5 nitrogen and oxygen atoms in total. The van der Waals surface area contributed by atoms with Crippen LogP contribution >= 0.6 is 0 Å². The Morgan fingerprint density at radius 3 is 3.00 bits per heavy atom. The minimum Gasteiger partial charge on any atom is -0.476 e. The van der Waals surface area contributed by atoms with Crippen LogP contribution in [0.5, 0.6) is 5.88 Å². The summed E-state index contributed by atoms with van der Waals surface area (Å²) < 4.78 is 7.40. The Balaban J connectivity index is 1.71. The fraction of sp³-hybridized carbons (Fsp3) is 0.500. The van der Waals surface area contributed by atoms with Crippen molar-refractivity contribution in [2.45, 2.75) is 31.2 Å². The van der Waals surface area contributed by atoms with Gasteiger partial charge in [-0.2, -0.15) is 10.1 Å². The van der Waals surface area contributed by atoms with E-state index in [0.29, 0.717) is 12.5 Å². The molecule has 1 aliphatic rings. The fourth-order valence-corrected chi connectivity index (χ4v) is 2.32. The van der Waals surface area contributed by atoms with Crippen molar-refractivity contribution in [1.82, 2.24) is 14.6 Å². The number of hydrogen-bond donors (Lipinski definition) is 1. The van der Waals surface area contributed by atoms with E-state index < -0.39 is 0 Å². The summed E-state index contributed by atoms with van der Waals surface area (Å²) in [5, 5.41) is 4.08. The highest BCUT2D eigenvalue weighted by molar-refractivity contribution is 5.37. The maximum absolute atomic E-state index is 6.23. The van der Waals surface area contributed by atoms with Gasteiger partial charge in [-0.05, 0) is 12.8 Å². The molecule has 1 saturated carbocycles. The van der Waals surface area contributed by atoms with Crippen molar-refractivity contribution >= 4 is 5.65 Å². The lowest BCUT2D eigenvalue weighted by Gasteiger charge is -2.23. The summed E-state index contributed by atoms with van der Waals surface area (Å²) in [5.74, 6) is 0.620. The smallest absolute Gasteiger partial charge is 0.216 e. The van der Waals surface area contributed by atoms with Gasteiger partial charge in [0.25, 0.3) is 0 Å². The number of ether oxygens (including phenoxy) is 1. The molecule has 2 aromatic rings. The van der Waals surface area contributed by atoms with Crippen LogP contribution in [0.15, 0.2) is 24.5 Å².